The first kappa shape index (κ1) is 15.0. The van der Waals surface area contributed by atoms with Crippen LogP contribution in [0.5, 0.6) is 0 Å². The molecule has 0 aromatic carbocycles. The van der Waals surface area contributed by atoms with Crippen molar-refractivity contribution in [2.24, 2.45) is 5.41 Å². The van der Waals surface area contributed by atoms with Gasteiger partial charge >= 0.3 is 13.6 Å². The molecular formula is C10H16NO6P. The highest BCUT2D eigenvalue weighted by atomic mass is 31.2. The fourth-order valence-electron chi connectivity index (χ4n) is 2.06. The van der Waals surface area contributed by atoms with Gasteiger partial charge in [-0.1, -0.05) is 11.6 Å². The van der Waals surface area contributed by atoms with Crippen LogP contribution < -0.4 is 5.32 Å². The van der Waals surface area contributed by atoms with E-state index in [1.165, 1.54) is 13.0 Å². The number of aliphatic carboxylic acids is 1. The van der Waals surface area contributed by atoms with Gasteiger partial charge in [0.2, 0.25) is 0 Å². The zero-order chi connectivity index (χ0) is 14.1. The molecule has 4 N–H and O–H groups in total. The molecule has 8 heteroatoms. The Labute approximate surface area is 104 Å². The highest BCUT2D eigenvalue weighted by molar-refractivity contribution is 7.52. The van der Waals surface area contributed by atoms with Crippen molar-refractivity contribution >= 4 is 19.3 Å². The van der Waals surface area contributed by atoms with Crippen LogP contribution in [-0.2, 0) is 14.2 Å². The molecule has 0 saturated heterocycles. The number of Topliss-reactive ketones (excluding diaryl/α,β-unsaturated/α-hetero) is 1. The maximum atomic E-state index is 12.0. The summed E-state index contributed by atoms with van der Waals surface area (Å²) < 4.78 is 10.9. The molecule has 0 aromatic heterocycles. The molecule has 0 fully saturated rings. The van der Waals surface area contributed by atoms with E-state index in [0.29, 0.717) is 6.54 Å². The summed E-state index contributed by atoms with van der Waals surface area (Å²) in [7, 11) is -4.51. The van der Waals surface area contributed by atoms with E-state index in [1.807, 2.05) is 0 Å². The van der Waals surface area contributed by atoms with Gasteiger partial charge in [-0.2, -0.15) is 0 Å². The molecular weight excluding hydrogens is 261 g/mol. The second-order valence-electron chi connectivity index (χ2n) is 4.67. The van der Waals surface area contributed by atoms with Gasteiger partial charge in [0, 0.05) is 6.54 Å². The van der Waals surface area contributed by atoms with E-state index in [1.54, 1.807) is 6.92 Å². The molecule has 1 aliphatic rings. The first-order chi connectivity index (χ1) is 8.06. The van der Waals surface area contributed by atoms with Crippen molar-refractivity contribution in [2.75, 3.05) is 12.7 Å². The third-order valence-corrected chi connectivity index (χ3v) is 3.63. The molecule has 2 atom stereocenters. The van der Waals surface area contributed by atoms with E-state index in [-0.39, 0.29) is 0 Å². The maximum Gasteiger partial charge on any atom is 0.332 e. The Bertz CT molecular complexity index is 453. The quantitative estimate of drug-likeness (QED) is 0.412. The maximum absolute atomic E-state index is 12.0. The van der Waals surface area contributed by atoms with Crippen molar-refractivity contribution < 1.29 is 29.0 Å². The van der Waals surface area contributed by atoms with Crippen LogP contribution >= 0.6 is 7.60 Å². The Morgan fingerprint density at radius 1 is 1.56 bits per heavy atom. The highest BCUT2D eigenvalue weighted by Gasteiger charge is 2.46. The van der Waals surface area contributed by atoms with E-state index >= 15 is 0 Å². The summed E-state index contributed by atoms with van der Waals surface area (Å²) in [4.78, 5) is 40.7. The molecule has 0 aliphatic carbocycles. The van der Waals surface area contributed by atoms with Gasteiger partial charge in [0.05, 0.1) is 5.41 Å². The van der Waals surface area contributed by atoms with Crippen molar-refractivity contribution in [3.05, 3.63) is 11.6 Å². The fourth-order valence-corrected chi connectivity index (χ4v) is 2.78. The highest BCUT2D eigenvalue weighted by Crippen LogP contribution is 2.39. The third-order valence-electron chi connectivity index (χ3n) is 2.93. The van der Waals surface area contributed by atoms with Crippen molar-refractivity contribution in [3.8, 4) is 0 Å². The molecule has 1 aliphatic heterocycles. The summed E-state index contributed by atoms with van der Waals surface area (Å²) in [6.07, 6.45) is 0.513. The van der Waals surface area contributed by atoms with E-state index in [4.69, 9.17) is 14.9 Å². The lowest BCUT2D eigenvalue weighted by atomic mass is 9.75. The van der Waals surface area contributed by atoms with Gasteiger partial charge in [0.25, 0.3) is 0 Å². The summed E-state index contributed by atoms with van der Waals surface area (Å²) >= 11 is 0. The zero-order valence-corrected chi connectivity index (χ0v) is 11.0. The zero-order valence-electron chi connectivity index (χ0n) is 10.1. The molecule has 0 spiro atoms. The van der Waals surface area contributed by atoms with E-state index in [0.717, 1.165) is 5.57 Å². The monoisotopic (exact) mass is 277 g/mol. The lowest BCUT2D eigenvalue weighted by molar-refractivity contribution is -0.145. The third kappa shape index (κ3) is 3.26. The van der Waals surface area contributed by atoms with Gasteiger partial charge in [-0.05, 0) is 13.8 Å². The number of hydrogen-bond donors (Lipinski definition) is 4. The molecule has 2 unspecified atom stereocenters. The van der Waals surface area contributed by atoms with Gasteiger partial charge in [-0.15, -0.1) is 0 Å². The lowest BCUT2D eigenvalue weighted by Crippen LogP contribution is -2.55. The average molecular weight is 277 g/mol. The summed E-state index contributed by atoms with van der Waals surface area (Å²) in [5, 5.41) is 11.8. The van der Waals surface area contributed by atoms with Crippen LogP contribution in [0.25, 0.3) is 0 Å². The molecule has 0 bridgehead atoms. The smallest absolute Gasteiger partial charge is 0.332 e. The summed E-state index contributed by atoms with van der Waals surface area (Å²) in [5.41, 5.74) is -0.691. The molecule has 18 heavy (non-hydrogen) atoms. The number of nitrogens with one attached hydrogen (secondary N) is 1. The van der Waals surface area contributed by atoms with Crippen LogP contribution in [0.1, 0.15) is 13.8 Å². The molecule has 0 aromatic rings. The van der Waals surface area contributed by atoms with Gasteiger partial charge in [-0.25, -0.2) is 0 Å². The number of ketones is 1. The minimum absolute atomic E-state index is 0.329. The van der Waals surface area contributed by atoms with Crippen LogP contribution in [0, 0.1) is 5.41 Å². The summed E-state index contributed by atoms with van der Waals surface area (Å²) in [6.45, 7) is 3.42. The van der Waals surface area contributed by atoms with E-state index in [9.17, 15) is 14.2 Å². The van der Waals surface area contributed by atoms with Crippen molar-refractivity contribution in [2.45, 2.75) is 19.9 Å². The molecule has 102 valence electrons. The second kappa shape index (κ2) is 4.93. The molecule has 0 radical (unpaired) electrons. The fraction of sp³-hybridized carbons (Fsp3) is 0.600. The van der Waals surface area contributed by atoms with Crippen LogP contribution in [0.3, 0.4) is 0 Å². The number of carboxylic acids is 1. The summed E-state index contributed by atoms with van der Waals surface area (Å²) in [5.74, 6) is -2.00. The summed E-state index contributed by atoms with van der Waals surface area (Å²) in [6, 6.07) is -1.18. The Balaban J connectivity index is 3.12. The molecule has 0 saturated carbocycles. The number of rotatable bonds is 4. The van der Waals surface area contributed by atoms with Crippen LogP contribution in [-0.4, -0.2) is 45.4 Å². The molecule has 1 rings (SSSR count). The van der Waals surface area contributed by atoms with Crippen LogP contribution in [0.4, 0.5) is 0 Å². The van der Waals surface area contributed by atoms with Gasteiger partial charge < -0.3 is 14.9 Å². The predicted molar refractivity (Wildman–Crippen MR) is 63.2 cm³/mol. The minimum atomic E-state index is -4.51. The van der Waals surface area contributed by atoms with Crippen LogP contribution in [0.15, 0.2) is 11.6 Å². The predicted octanol–water partition coefficient (Wildman–Crippen LogP) is -0.258. The van der Waals surface area contributed by atoms with Gasteiger partial charge in [-0.3, -0.25) is 19.5 Å². The van der Waals surface area contributed by atoms with E-state index in [2.05, 4.69) is 5.32 Å². The van der Waals surface area contributed by atoms with Gasteiger partial charge in [0.1, 0.15) is 12.2 Å². The van der Waals surface area contributed by atoms with Crippen LogP contribution in [0.2, 0.25) is 0 Å². The molecule has 7 nitrogen and oxygen atoms in total. The molecule has 1 heterocycles. The minimum Gasteiger partial charge on any atom is -0.480 e. The number of carbonyl (C=O) groups excluding carboxylic acids is 1. The number of carboxylic acid groups (broad SMARTS) is 1. The Kier molecular flexibility index (Phi) is 4.12. The number of carbonyl (C=O) groups is 2. The Hall–Kier alpha value is -1.01. The first-order valence-electron chi connectivity index (χ1n) is 5.28. The number of hydrogen-bond acceptors (Lipinski definition) is 4. The Morgan fingerprint density at radius 3 is 2.56 bits per heavy atom. The van der Waals surface area contributed by atoms with Crippen molar-refractivity contribution in [1.29, 1.82) is 0 Å². The first-order valence-corrected chi connectivity index (χ1v) is 7.08. The van der Waals surface area contributed by atoms with Crippen molar-refractivity contribution in [1.82, 2.24) is 5.32 Å². The lowest BCUT2D eigenvalue weighted by Gasteiger charge is -2.36. The SMILES string of the molecule is CC1=CC(C)(C(=O)CP(=O)(O)O)C(C(=O)O)NC1. The standard InChI is InChI=1S/C10H16NO6P/c1-6-3-10(2,7(12)5-18(15,16)17)8(9(13)14)11-4-6/h3,8,11H,4-5H2,1-2H3,(H,13,14)(H2,15,16,17). The van der Waals surface area contributed by atoms with Crippen molar-refractivity contribution in [3.63, 3.8) is 0 Å². The largest absolute Gasteiger partial charge is 0.480 e. The van der Waals surface area contributed by atoms with E-state index < -0.39 is 37.0 Å². The second-order valence-corrected chi connectivity index (χ2v) is 6.32. The van der Waals surface area contributed by atoms with Gasteiger partial charge in [0.15, 0.2) is 5.78 Å². The average Bonchev–Trinajstić information content (AvgIpc) is 2.13. The molecule has 0 amide bonds. The normalized spacial score (nSPS) is 28.7. The Morgan fingerprint density at radius 2 is 2.11 bits per heavy atom. The topological polar surface area (TPSA) is 124 Å².